The minimum absolute atomic E-state index is 0.880. The molecule has 0 atom stereocenters. The van der Waals surface area contributed by atoms with Gasteiger partial charge in [-0.25, -0.2) is 4.98 Å². The Bertz CT molecular complexity index is 3300. The van der Waals surface area contributed by atoms with Crippen LogP contribution in [0.25, 0.3) is 93.5 Å². The largest absolute Gasteiger partial charge is 0.456 e. The highest BCUT2D eigenvalue weighted by molar-refractivity contribution is 6.23. The highest BCUT2D eigenvalue weighted by atomic mass is 16.3. The smallest absolute Gasteiger partial charge is 0.148 e. The third kappa shape index (κ3) is 3.91. The molecule has 53 heavy (non-hydrogen) atoms. The van der Waals surface area contributed by atoms with Crippen molar-refractivity contribution >= 4 is 82.6 Å². The molecule has 0 aliphatic carbocycles. The molecule has 7 aromatic carbocycles. The van der Waals surface area contributed by atoms with E-state index in [1.54, 1.807) is 0 Å². The molecule has 11 aromatic rings. The Labute approximate surface area is 303 Å². The third-order valence-corrected chi connectivity index (χ3v) is 10.9. The molecule has 246 valence electrons. The van der Waals surface area contributed by atoms with Gasteiger partial charge in [-0.3, -0.25) is 9.88 Å². The number of hydrogen-bond acceptors (Lipinski definition) is 4. The molecule has 5 nitrogen and oxygen atoms in total. The molecular formula is C48H28N4O. The maximum Gasteiger partial charge on any atom is 0.148 e. The predicted octanol–water partition coefficient (Wildman–Crippen LogP) is 12.9. The van der Waals surface area contributed by atoms with Gasteiger partial charge in [0.25, 0.3) is 0 Å². The highest BCUT2D eigenvalue weighted by Crippen LogP contribution is 2.54. The van der Waals surface area contributed by atoms with Crippen LogP contribution in [0.2, 0.25) is 0 Å². The van der Waals surface area contributed by atoms with E-state index in [0.29, 0.717) is 0 Å². The van der Waals surface area contributed by atoms with E-state index >= 15 is 0 Å². The van der Waals surface area contributed by atoms with E-state index in [1.165, 1.54) is 10.8 Å². The van der Waals surface area contributed by atoms with Crippen LogP contribution in [0.3, 0.4) is 0 Å². The summed E-state index contributed by atoms with van der Waals surface area (Å²) in [6.07, 6.45) is 1.94. The number of pyridine rings is 2. The van der Waals surface area contributed by atoms with E-state index in [2.05, 4.69) is 161 Å². The molecule has 4 aromatic heterocycles. The summed E-state index contributed by atoms with van der Waals surface area (Å²) in [6, 6.07) is 58.0. The number of para-hydroxylation sites is 4. The lowest BCUT2D eigenvalue weighted by Gasteiger charge is -2.33. The summed E-state index contributed by atoms with van der Waals surface area (Å²) in [5.41, 5.74) is 12.5. The molecule has 0 fully saturated rings. The summed E-state index contributed by atoms with van der Waals surface area (Å²) in [7, 11) is 0. The molecule has 12 rings (SSSR count). The first-order valence-corrected chi connectivity index (χ1v) is 17.9. The van der Waals surface area contributed by atoms with Crippen molar-refractivity contribution in [3.8, 4) is 28.1 Å². The van der Waals surface area contributed by atoms with E-state index in [0.717, 1.165) is 99.9 Å². The molecular weight excluding hydrogens is 649 g/mol. The summed E-state index contributed by atoms with van der Waals surface area (Å²) in [4.78, 5) is 13.0. The Balaban J connectivity index is 1.20. The average molecular weight is 677 g/mol. The SMILES string of the molecule is c1ccc(-n2c3ccccc3c3c(N4c5ccc(-c6cccc7oc8ccccc8c67)cc5-c5nccc6c5c4nc4ccccc46)cccc32)cc1. The first-order chi connectivity index (χ1) is 26.3. The molecule has 5 heterocycles. The van der Waals surface area contributed by atoms with Gasteiger partial charge in [0, 0.05) is 44.4 Å². The van der Waals surface area contributed by atoms with Gasteiger partial charge in [0.15, 0.2) is 0 Å². The monoisotopic (exact) mass is 676 g/mol. The number of anilines is 3. The van der Waals surface area contributed by atoms with Gasteiger partial charge in [0.2, 0.25) is 0 Å². The van der Waals surface area contributed by atoms with Crippen LogP contribution >= 0.6 is 0 Å². The van der Waals surface area contributed by atoms with E-state index in [4.69, 9.17) is 14.4 Å². The van der Waals surface area contributed by atoms with Crippen LogP contribution in [0.4, 0.5) is 17.2 Å². The zero-order chi connectivity index (χ0) is 34.6. The predicted molar refractivity (Wildman–Crippen MR) is 218 cm³/mol. The Kier molecular flexibility index (Phi) is 5.71. The Morgan fingerprint density at radius 1 is 0.472 bits per heavy atom. The summed E-state index contributed by atoms with van der Waals surface area (Å²) in [6.45, 7) is 0. The normalized spacial score (nSPS) is 12.5. The number of nitrogens with zero attached hydrogens (tertiary/aromatic N) is 4. The molecule has 0 amide bonds. The van der Waals surface area contributed by atoms with Crippen LogP contribution < -0.4 is 4.90 Å². The van der Waals surface area contributed by atoms with Crippen LogP contribution in [0.1, 0.15) is 0 Å². The van der Waals surface area contributed by atoms with Gasteiger partial charge in [0.05, 0.1) is 39.0 Å². The van der Waals surface area contributed by atoms with E-state index < -0.39 is 0 Å². The molecule has 0 saturated carbocycles. The molecule has 0 radical (unpaired) electrons. The minimum Gasteiger partial charge on any atom is -0.456 e. The molecule has 1 aliphatic rings. The van der Waals surface area contributed by atoms with Crippen LogP contribution in [0.5, 0.6) is 0 Å². The van der Waals surface area contributed by atoms with Crippen molar-refractivity contribution in [3.63, 3.8) is 0 Å². The summed E-state index contributed by atoms with van der Waals surface area (Å²) < 4.78 is 8.69. The standard InChI is InChI=1S/C48H28N4O/c1-2-12-30(13-3-1)51-38-19-8-5-15-34(38)45-40(51)20-11-21-41(45)52-39-25-24-29(31-17-10-23-43-44(31)35-16-6-9-22-42(35)53-43)28-36(39)47-46-33(26-27-49-47)32-14-4-7-18-37(32)50-48(46)52/h1-28H. The lowest BCUT2D eigenvalue weighted by atomic mass is 9.91. The van der Waals surface area contributed by atoms with Crippen molar-refractivity contribution < 1.29 is 4.42 Å². The Morgan fingerprint density at radius 3 is 2.15 bits per heavy atom. The topological polar surface area (TPSA) is 47.1 Å². The Hall–Kier alpha value is -7.24. The fourth-order valence-electron chi connectivity index (χ4n) is 8.75. The van der Waals surface area contributed by atoms with E-state index in [-0.39, 0.29) is 0 Å². The second kappa shape index (κ2) is 10.6. The summed E-state index contributed by atoms with van der Waals surface area (Å²) in [5, 5.41) is 7.89. The quantitative estimate of drug-likeness (QED) is 0.175. The van der Waals surface area contributed by atoms with Crippen molar-refractivity contribution in [2.75, 3.05) is 4.90 Å². The van der Waals surface area contributed by atoms with E-state index in [1.807, 2.05) is 18.3 Å². The van der Waals surface area contributed by atoms with Crippen LogP contribution in [0.15, 0.2) is 174 Å². The fourth-order valence-corrected chi connectivity index (χ4v) is 8.75. The second-order valence-electron chi connectivity index (χ2n) is 13.7. The van der Waals surface area contributed by atoms with Gasteiger partial charge in [0.1, 0.15) is 17.0 Å². The van der Waals surface area contributed by atoms with Gasteiger partial charge in [-0.1, -0.05) is 97.1 Å². The summed E-state index contributed by atoms with van der Waals surface area (Å²) >= 11 is 0. The maximum absolute atomic E-state index is 6.32. The number of hydrogen-bond donors (Lipinski definition) is 0. The minimum atomic E-state index is 0.880. The fraction of sp³-hybridized carbons (Fsp3) is 0. The number of rotatable bonds is 3. The van der Waals surface area contributed by atoms with Crippen molar-refractivity contribution in [1.82, 2.24) is 14.5 Å². The highest BCUT2D eigenvalue weighted by Gasteiger charge is 2.32. The lowest BCUT2D eigenvalue weighted by Crippen LogP contribution is -2.17. The zero-order valence-corrected chi connectivity index (χ0v) is 28.4. The van der Waals surface area contributed by atoms with Gasteiger partial charge in [-0.15, -0.1) is 0 Å². The van der Waals surface area contributed by atoms with Gasteiger partial charge >= 0.3 is 0 Å². The first-order valence-electron chi connectivity index (χ1n) is 17.9. The van der Waals surface area contributed by atoms with Gasteiger partial charge in [-0.2, -0.15) is 0 Å². The molecule has 0 bridgehead atoms. The second-order valence-corrected chi connectivity index (χ2v) is 13.7. The zero-order valence-electron chi connectivity index (χ0n) is 28.4. The third-order valence-electron chi connectivity index (χ3n) is 10.9. The number of fused-ring (bicyclic) bond motifs is 10. The van der Waals surface area contributed by atoms with Crippen molar-refractivity contribution in [2.24, 2.45) is 0 Å². The van der Waals surface area contributed by atoms with Crippen LogP contribution in [-0.4, -0.2) is 14.5 Å². The molecule has 0 N–H and O–H groups in total. The number of benzene rings is 7. The number of aromatic nitrogens is 3. The molecule has 1 aliphatic heterocycles. The number of furan rings is 1. The van der Waals surface area contributed by atoms with Crippen molar-refractivity contribution in [2.45, 2.75) is 0 Å². The lowest BCUT2D eigenvalue weighted by molar-refractivity contribution is 0.669. The summed E-state index contributed by atoms with van der Waals surface area (Å²) in [5.74, 6) is 0.883. The molecule has 0 saturated heterocycles. The van der Waals surface area contributed by atoms with E-state index in [9.17, 15) is 0 Å². The average Bonchev–Trinajstić information content (AvgIpc) is 3.78. The van der Waals surface area contributed by atoms with Crippen LogP contribution in [0, 0.1) is 0 Å². The van der Waals surface area contributed by atoms with Gasteiger partial charge in [-0.05, 0) is 83.2 Å². The molecule has 5 heteroatoms. The first kappa shape index (κ1) is 28.5. The van der Waals surface area contributed by atoms with Crippen molar-refractivity contribution in [3.05, 3.63) is 170 Å². The maximum atomic E-state index is 6.32. The van der Waals surface area contributed by atoms with Gasteiger partial charge < -0.3 is 8.98 Å². The van der Waals surface area contributed by atoms with Crippen molar-refractivity contribution in [1.29, 1.82) is 0 Å². The molecule has 0 spiro atoms. The van der Waals surface area contributed by atoms with Crippen LogP contribution in [-0.2, 0) is 0 Å². The molecule has 0 unspecified atom stereocenters. The Morgan fingerprint density at radius 2 is 1.23 bits per heavy atom.